The lowest BCUT2D eigenvalue weighted by Crippen LogP contribution is -2.56. The highest BCUT2D eigenvalue weighted by molar-refractivity contribution is 7.89. The van der Waals surface area contributed by atoms with Crippen LogP contribution < -0.4 is 25.9 Å². The molecule has 1 fully saturated rings. The number of hydrogen-bond acceptors (Lipinski definition) is 12. The van der Waals surface area contributed by atoms with Gasteiger partial charge in [-0.25, -0.2) is 36.4 Å². The number of amides is 6. The molecule has 0 aromatic heterocycles. The second kappa shape index (κ2) is 16.3. The molecule has 2 atom stereocenters. The molecule has 2 aliphatic heterocycles. The first-order valence-corrected chi connectivity index (χ1v) is 19.8. The van der Waals surface area contributed by atoms with E-state index in [4.69, 9.17) is 16.3 Å². The Morgan fingerprint density at radius 2 is 1.73 bits per heavy atom. The number of nitrogens with one attached hydrogen (secondary N) is 3. The minimum Gasteiger partial charge on any atom is -0.534 e. The molecule has 56 heavy (non-hydrogen) atoms. The number of phenols is 2. The van der Waals surface area contributed by atoms with Crippen LogP contribution in [0.2, 0.25) is 5.02 Å². The lowest BCUT2D eigenvalue weighted by molar-refractivity contribution is -0.123. The number of imide groups is 1. The van der Waals surface area contributed by atoms with Crippen molar-refractivity contribution in [3.63, 3.8) is 0 Å². The summed E-state index contributed by atoms with van der Waals surface area (Å²) in [5, 5.41) is 45.5. The van der Waals surface area contributed by atoms with Crippen molar-refractivity contribution in [1.29, 1.82) is 0 Å². The second-order valence-electron chi connectivity index (χ2n) is 12.3. The Morgan fingerprint density at radius 1 is 1.05 bits per heavy atom. The van der Waals surface area contributed by atoms with E-state index in [2.05, 4.69) is 16.0 Å². The second-order valence-corrected chi connectivity index (χ2v) is 16.3. The van der Waals surface area contributed by atoms with E-state index in [1.165, 1.54) is 6.07 Å². The molecule has 0 radical (unpaired) electrons. The summed E-state index contributed by atoms with van der Waals surface area (Å²) in [6.45, 7) is -1.19. The average molecular weight is 842 g/mol. The lowest BCUT2D eigenvalue weighted by atomic mass is 9.72. The first kappa shape index (κ1) is 41.7. The summed E-state index contributed by atoms with van der Waals surface area (Å²) in [7, 11) is -11.1. The number of aromatic carboxylic acids is 1. The fourth-order valence-electron chi connectivity index (χ4n) is 5.74. The summed E-state index contributed by atoms with van der Waals surface area (Å²) in [5.74, 6) is -8.43. The van der Waals surface area contributed by atoms with Crippen LogP contribution in [0.5, 0.6) is 17.2 Å². The molecule has 2 aliphatic rings. The maximum absolute atomic E-state index is 14.2. The molecule has 0 aliphatic carbocycles. The van der Waals surface area contributed by atoms with Crippen LogP contribution in [0.4, 0.5) is 14.0 Å². The normalized spacial score (nSPS) is 16.1. The molecule has 3 aromatic carbocycles. The predicted octanol–water partition coefficient (Wildman–Crippen LogP) is 0.169. The molecule has 5 rings (SSSR count). The topological polar surface area (TPSA) is 310 Å². The Labute approximate surface area is 321 Å². The summed E-state index contributed by atoms with van der Waals surface area (Å²) in [4.78, 5) is 83.9. The maximum atomic E-state index is 14.2. The molecule has 25 heteroatoms. The van der Waals surface area contributed by atoms with Crippen LogP contribution in [0.3, 0.4) is 0 Å². The smallest absolute Gasteiger partial charge is 0.534 e. The number of carboxylic acid groups (broad SMARTS) is 1. The Morgan fingerprint density at radius 3 is 2.38 bits per heavy atom. The number of phenolic OH excluding ortho intramolecular Hbond substituents is 2. The summed E-state index contributed by atoms with van der Waals surface area (Å²) in [6, 6.07) is 4.00. The van der Waals surface area contributed by atoms with E-state index >= 15 is 0 Å². The van der Waals surface area contributed by atoms with Gasteiger partial charge in [0.25, 0.3) is 5.91 Å². The van der Waals surface area contributed by atoms with Crippen molar-refractivity contribution in [3.8, 4) is 17.2 Å². The van der Waals surface area contributed by atoms with Crippen molar-refractivity contribution >= 4 is 71.5 Å². The standard InChI is InChI=1S/C31H31BClFN5O15PS/c33-23-18(7-9-20(40)25(23)41)27(42)35-10-1-13-56(52,53)39-12-11-38(31(39)47)30(46)37-24(15-2-5-17(6-3-15)55(49,50)51)28(43)36-21-14-16-4-8-19(34)22(29(44)45)26(16)54-32(21)48/h2-9,21,24,40-41,48H,1,10-14H2,(H,35,42)(H,36,43)(H,37,46)(H,44,45)(H2,49,50,51)/t21-,24?/m0/s1. The summed E-state index contributed by atoms with van der Waals surface area (Å²) < 4.78 is 57.8. The molecule has 20 nitrogen and oxygen atoms in total. The van der Waals surface area contributed by atoms with E-state index in [-0.39, 0.29) is 36.1 Å². The van der Waals surface area contributed by atoms with Gasteiger partial charge in [0.05, 0.1) is 40.7 Å². The van der Waals surface area contributed by atoms with Crippen molar-refractivity contribution in [3.05, 3.63) is 81.6 Å². The number of benzene rings is 3. The first-order chi connectivity index (χ1) is 26.2. The highest BCUT2D eigenvalue weighted by atomic mass is 35.5. The first-order valence-electron chi connectivity index (χ1n) is 16.2. The van der Waals surface area contributed by atoms with E-state index in [0.717, 1.165) is 42.5 Å². The highest BCUT2D eigenvalue weighted by Crippen LogP contribution is 2.36. The van der Waals surface area contributed by atoms with Crippen molar-refractivity contribution in [1.82, 2.24) is 25.2 Å². The average Bonchev–Trinajstić information content (AvgIpc) is 3.53. The fourth-order valence-corrected chi connectivity index (χ4v) is 7.95. The van der Waals surface area contributed by atoms with E-state index in [9.17, 15) is 71.5 Å². The van der Waals surface area contributed by atoms with Gasteiger partial charge in [-0.3, -0.25) is 14.2 Å². The van der Waals surface area contributed by atoms with E-state index in [1.807, 2.05) is 0 Å². The molecule has 9 N–H and O–H groups in total. The Hall–Kier alpha value is -5.45. The maximum Gasteiger partial charge on any atom is 0.547 e. The molecule has 1 saturated heterocycles. The third kappa shape index (κ3) is 8.82. The van der Waals surface area contributed by atoms with Gasteiger partial charge in [-0.2, -0.15) is 0 Å². The van der Waals surface area contributed by atoms with Crippen LogP contribution in [0, 0.1) is 5.82 Å². The molecular weight excluding hydrogens is 811 g/mol. The number of carboxylic acids is 1. The van der Waals surface area contributed by atoms with Crippen molar-refractivity contribution in [2.75, 3.05) is 25.4 Å². The van der Waals surface area contributed by atoms with Crippen LogP contribution in [0.25, 0.3) is 0 Å². The number of fused-ring (bicyclic) bond motifs is 1. The van der Waals surface area contributed by atoms with Crippen molar-refractivity contribution in [2.24, 2.45) is 0 Å². The SMILES string of the molecule is O=C(NCCCS(=O)(=O)N1CCN(C(=O)NC(C(=O)N[C@H]2Cc3ccc(F)c(C(=O)O)c3OB2O)c2ccc(P(=O)(O)O)cc2)C1=O)c1ccc(O)c(O)c1Cl. The number of hydrogen-bond donors (Lipinski definition) is 9. The molecule has 0 saturated carbocycles. The monoisotopic (exact) mass is 841 g/mol. The minimum atomic E-state index is -4.75. The van der Waals surface area contributed by atoms with Gasteiger partial charge in [0.2, 0.25) is 15.9 Å². The molecule has 6 amide bonds. The molecule has 298 valence electrons. The van der Waals surface area contributed by atoms with Crippen LogP contribution in [0.15, 0.2) is 48.5 Å². The van der Waals surface area contributed by atoms with Gasteiger partial charge >= 0.3 is 32.7 Å². The molecule has 3 aromatic rings. The Balaban J connectivity index is 1.27. The molecular formula is C31H31BClFN5O15PS. The van der Waals surface area contributed by atoms with E-state index in [1.54, 1.807) is 0 Å². The number of carbonyl (C=O) groups is 5. The van der Waals surface area contributed by atoms with Gasteiger partial charge in [0.1, 0.15) is 23.2 Å². The Bertz CT molecular complexity index is 2270. The summed E-state index contributed by atoms with van der Waals surface area (Å²) >= 11 is 5.87. The summed E-state index contributed by atoms with van der Waals surface area (Å²) in [6.07, 6.45) is -0.498. The van der Waals surface area contributed by atoms with Gasteiger partial charge in [-0.1, -0.05) is 29.8 Å². The Kier molecular flexibility index (Phi) is 12.2. The number of aromatic hydroxyl groups is 2. The van der Waals surface area contributed by atoms with E-state index in [0.29, 0.717) is 9.21 Å². The number of rotatable bonds is 12. The van der Waals surface area contributed by atoms with Crippen molar-refractivity contribution < 1.29 is 76.1 Å². The predicted molar refractivity (Wildman–Crippen MR) is 191 cm³/mol. The van der Waals surface area contributed by atoms with Gasteiger partial charge in [0.15, 0.2) is 11.5 Å². The number of carbonyl (C=O) groups excluding carboxylic acids is 4. The largest absolute Gasteiger partial charge is 0.547 e. The van der Waals surface area contributed by atoms with E-state index < -0.39 is 124 Å². The lowest BCUT2D eigenvalue weighted by Gasteiger charge is -2.30. The van der Waals surface area contributed by atoms with Crippen molar-refractivity contribution in [2.45, 2.75) is 24.8 Å². The number of nitrogens with zero attached hydrogens (tertiary/aromatic N) is 2. The number of halogens is 2. The van der Waals surface area contributed by atoms with Gasteiger partial charge in [0, 0.05) is 6.54 Å². The van der Waals surface area contributed by atoms with Gasteiger partial charge in [-0.15, -0.1) is 0 Å². The molecule has 1 unspecified atom stereocenters. The molecule has 2 heterocycles. The van der Waals surface area contributed by atoms with Gasteiger partial charge in [-0.05, 0) is 54.3 Å². The quantitative estimate of drug-likeness (QED) is 0.0508. The highest BCUT2D eigenvalue weighted by Gasteiger charge is 2.43. The zero-order valence-electron chi connectivity index (χ0n) is 28.5. The molecule has 0 spiro atoms. The number of sulfonamides is 1. The third-order valence-corrected chi connectivity index (χ3v) is 11.8. The van der Waals surface area contributed by atoms with Crippen LogP contribution in [0.1, 0.15) is 44.3 Å². The fraction of sp³-hybridized carbons (Fsp3) is 0.258. The zero-order valence-corrected chi connectivity index (χ0v) is 30.9. The zero-order chi connectivity index (χ0) is 41.3. The van der Waals surface area contributed by atoms with Crippen LogP contribution in [-0.4, -0.2) is 116 Å². The minimum absolute atomic E-state index is 0.0862. The van der Waals surface area contributed by atoms with Crippen LogP contribution >= 0.6 is 19.2 Å². The number of urea groups is 2. The molecule has 0 bridgehead atoms. The van der Waals surface area contributed by atoms with Gasteiger partial charge < -0.3 is 50.7 Å². The van der Waals surface area contributed by atoms with Crippen LogP contribution in [-0.2, 0) is 25.8 Å². The third-order valence-electron chi connectivity index (χ3n) is 8.60. The summed E-state index contributed by atoms with van der Waals surface area (Å²) in [5.41, 5.74) is -1.04.